The minimum Gasteiger partial charge on any atom is -0.356 e. The smallest absolute Gasteiger partial charge is 0.223 e. The topological polar surface area (TPSA) is 49.3 Å². The maximum atomic E-state index is 12.9. The van der Waals surface area contributed by atoms with Crippen molar-refractivity contribution in [3.05, 3.63) is 17.1 Å². The van der Waals surface area contributed by atoms with Crippen LogP contribution in [0.3, 0.4) is 0 Å². The molecule has 1 unspecified atom stereocenters. The van der Waals surface area contributed by atoms with Crippen molar-refractivity contribution in [1.29, 1.82) is 0 Å². The summed E-state index contributed by atoms with van der Waals surface area (Å²) >= 11 is 0. The van der Waals surface area contributed by atoms with E-state index in [2.05, 4.69) is 9.88 Å². The molecule has 3 aliphatic rings. The molecule has 0 aromatic carbocycles. The summed E-state index contributed by atoms with van der Waals surface area (Å²) in [5.74, 6) is 2.01. The molecule has 2 saturated heterocycles. The van der Waals surface area contributed by atoms with E-state index in [-0.39, 0.29) is 24.5 Å². The number of aromatic nitrogens is 2. The van der Waals surface area contributed by atoms with Gasteiger partial charge in [0.2, 0.25) is 5.91 Å². The van der Waals surface area contributed by atoms with Crippen molar-refractivity contribution in [2.45, 2.75) is 51.5 Å². The Hall–Kier alpha value is -1.72. The predicted molar refractivity (Wildman–Crippen MR) is 89.8 cm³/mol. The van der Waals surface area contributed by atoms with Gasteiger partial charge in [-0.25, -0.2) is 9.97 Å². The fourth-order valence-corrected chi connectivity index (χ4v) is 4.45. The number of fused-ring (bicyclic) bond motifs is 1. The van der Waals surface area contributed by atoms with Crippen LogP contribution < -0.4 is 4.90 Å². The van der Waals surface area contributed by atoms with Crippen LogP contribution in [-0.4, -0.2) is 53.1 Å². The molecule has 1 amide bonds. The number of carbonyl (C=O) groups is 1. The van der Waals surface area contributed by atoms with Crippen molar-refractivity contribution in [3.63, 3.8) is 0 Å². The molecule has 24 heavy (non-hydrogen) atoms. The van der Waals surface area contributed by atoms with Gasteiger partial charge in [-0.05, 0) is 39.0 Å². The third kappa shape index (κ3) is 2.76. The molecule has 1 aliphatic carbocycles. The summed E-state index contributed by atoms with van der Waals surface area (Å²) in [6.45, 7) is 4.01. The first-order valence-corrected chi connectivity index (χ1v) is 9.12. The number of carbonyl (C=O) groups excluding carboxylic acids is 1. The number of hydrogen-bond acceptors (Lipinski definition) is 4. The van der Waals surface area contributed by atoms with Crippen LogP contribution in [-0.2, 0) is 17.6 Å². The first-order valence-electron chi connectivity index (χ1n) is 9.12. The Morgan fingerprint density at radius 3 is 2.71 bits per heavy atom. The zero-order valence-electron chi connectivity index (χ0n) is 14.3. The van der Waals surface area contributed by atoms with Crippen molar-refractivity contribution in [1.82, 2.24) is 14.9 Å². The van der Waals surface area contributed by atoms with Gasteiger partial charge in [-0.15, -0.1) is 0 Å². The monoisotopic (exact) mass is 332 g/mol. The first kappa shape index (κ1) is 15.8. The van der Waals surface area contributed by atoms with E-state index in [0.717, 1.165) is 50.4 Å². The first-order chi connectivity index (χ1) is 11.7. The standard InChI is InChI=1S/C18H25FN4O/c1-12-20-16-4-2-3-15(16)18(21-12)22-7-5-14(6-8-22)23-11-13(10-19)9-17(23)24/h13-14H,2-11H2,1H3. The molecule has 1 aromatic heterocycles. The van der Waals surface area contributed by atoms with E-state index in [1.807, 2.05) is 11.8 Å². The van der Waals surface area contributed by atoms with Gasteiger partial charge in [-0.2, -0.15) is 0 Å². The van der Waals surface area contributed by atoms with Crippen LogP contribution in [0.5, 0.6) is 0 Å². The van der Waals surface area contributed by atoms with E-state index in [4.69, 9.17) is 4.98 Å². The normalized spacial score (nSPS) is 24.8. The highest BCUT2D eigenvalue weighted by atomic mass is 19.1. The van der Waals surface area contributed by atoms with E-state index in [1.165, 1.54) is 17.7 Å². The Morgan fingerprint density at radius 2 is 2.00 bits per heavy atom. The van der Waals surface area contributed by atoms with Crippen molar-refractivity contribution in [2.24, 2.45) is 5.92 Å². The van der Waals surface area contributed by atoms with Gasteiger partial charge < -0.3 is 9.80 Å². The van der Waals surface area contributed by atoms with Crippen LogP contribution in [0.2, 0.25) is 0 Å². The van der Waals surface area contributed by atoms with Crippen LogP contribution in [0.1, 0.15) is 42.8 Å². The Kier molecular flexibility index (Phi) is 4.14. The molecule has 0 N–H and O–H groups in total. The Balaban J connectivity index is 1.45. The van der Waals surface area contributed by atoms with Gasteiger partial charge in [0, 0.05) is 49.3 Å². The highest BCUT2D eigenvalue weighted by Gasteiger charge is 2.36. The number of aryl methyl sites for hydroxylation is 2. The average Bonchev–Trinajstić information content (AvgIpc) is 3.20. The Bertz CT molecular complexity index is 642. The minimum atomic E-state index is -0.382. The summed E-state index contributed by atoms with van der Waals surface area (Å²) in [5.41, 5.74) is 2.55. The number of hydrogen-bond donors (Lipinski definition) is 0. The molecule has 3 heterocycles. The zero-order chi connectivity index (χ0) is 16.7. The Morgan fingerprint density at radius 1 is 1.21 bits per heavy atom. The highest BCUT2D eigenvalue weighted by Crippen LogP contribution is 2.32. The zero-order valence-corrected chi connectivity index (χ0v) is 14.3. The van der Waals surface area contributed by atoms with E-state index < -0.39 is 0 Å². The molecular weight excluding hydrogens is 307 g/mol. The third-order valence-corrected chi connectivity index (χ3v) is 5.68. The van der Waals surface area contributed by atoms with Gasteiger partial charge >= 0.3 is 0 Å². The maximum Gasteiger partial charge on any atom is 0.223 e. The molecule has 5 nitrogen and oxygen atoms in total. The predicted octanol–water partition coefficient (Wildman–Crippen LogP) is 2.06. The van der Waals surface area contributed by atoms with Gasteiger partial charge in [0.1, 0.15) is 11.6 Å². The van der Waals surface area contributed by atoms with Gasteiger partial charge in [0.05, 0.1) is 6.67 Å². The molecule has 130 valence electrons. The largest absolute Gasteiger partial charge is 0.356 e. The molecule has 2 aliphatic heterocycles. The lowest BCUT2D eigenvalue weighted by Gasteiger charge is -2.38. The number of nitrogens with zero attached hydrogens (tertiary/aromatic N) is 4. The van der Waals surface area contributed by atoms with Gasteiger partial charge in [-0.1, -0.05) is 0 Å². The number of amides is 1. The molecule has 0 saturated carbocycles. The molecule has 0 bridgehead atoms. The van der Waals surface area contributed by atoms with Crippen molar-refractivity contribution in [2.75, 3.05) is 31.2 Å². The Labute approximate surface area is 142 Å². The van der Waals surface area contributed by atoms with Crippen molar-refractivity contribution in [3.8, 4) is 0 Å². The average molecular weight is 332 g/mol. The third-order valence-electron chi connectivity index (χ3n) is 5.68. The van der Waals surface area contributed by atoms with E-state index >= 15 is 0 Å². The summed E-state index contributed by atoms with van der Waals surface area (Å²) in [5, 5.41) is 0. The summed E-state index contributed by atoms with van der Waals surface area (Å²) in [7, 11) is 0. The number of alkyl halides is 1. The fourth-order valence-electron chi connectivity index (χ4n) is 4.45. The van der Waals surface area contributed by atoms with E-state index in [1.54, 1.807) is 0 Å². The highest BCUT2D eigenvalue weighted by molar-refractivity contribution is 5.79. The molecular formula is C18H25FN4O. The molecule has 0 spiro atoms. The maximum absolute atomic E-state index is 12.9. The van der Waals surface area contributed by atoms with Crippen LogP contribution >= 0.6 is 0 Å². The summed E-state index contributed by atoms with van der Waals surface area (Å²) < 4.78 is 12.9. The lowest BCUT2D eigenvalue weighted by molar-refractivity contribution is -0.130. The fraction of sp³-hybridized carbons (Fsp3) is 0.722. The molecule has 4 rings (SSSR count). The second kappa shape index (κ2) is 6.30. The number of halogens is 1. The molecule has 6 heteroatoms. The SMILES string of the molecule is Cc1nc2c(c(N3CCC(N4CC(CF)CC4=O)CC3)n1)CCC2. The van der Waals surface area contributed by atoms with Crippen molar-refractivity contribution >= 4 is 11.7 Å². The van der Waals surface area contributed by atoms with Crippen LogP contribution in [0.15, 0.2) is 0 Å². The second-order valence-corrected chi connectivity index (χ2v) is 7.36. The number of piperidine rings is 1. The summed E-state index contributed by atoms with van der Waals surface area (Å²) in [6, 6.07) is 0.265. The van der Waals surface area contributed by atoms with E-state index in [9.17, 15) is 9.18 Å². The van der Waals surface area contributed by atoms with Crippen LogP contribution in [0.25, 0.3) is 0 Å². The number of likely N-dealkylation sites (tertiary alicyclic amines) is 1. The van der Waals surface area contributed by atoms with E-state index in [0.29, 0.717) is 13.0 Å². The van der Waals surface area contributed by atoms with Gasteiger partial charge in [0.15, 0.2) is 0 Å². The molecule has 1 atom stereocenters. The van der Waals surface area contributed by atoms with Gasteiger partial charge in [-0.3, -0.25) is 9.18 Å². The van der Waals surface area contributed by atoms with Crippen LogP contribution in [0, 0.1) is 12.8 Å². The van der Waals surface area contributed by atoms with Crippen LogP contribution in [0.4, 0.5) is 10.2 Å². The quantitative estimate of drug-likeness (QED) is 0.850. The second-order valence-electron chi connectivity index (χ2n) is 7.36. The molecule has 2 fully saturated rings. The summed E-state index contributed by atoms with van der Waals surface area (Å²) in [6.07, 6.45) is 5.59. The van der Waals surface area contributed by atoms with Crippen molar-refractivity contribution < 1.29 is 9.18 Å². The summed E-state index contributed by atoms with van der Waals surface area (Å²) in [4.78, 5) is 25.7. The number of anilines is 1. The molecule has 0 radical (unpaired) electrons. The lowest BCUT2D eigenvalue weighted by atomic mass is 10.0. The number of rotatable bonds is 3. The molecule has 1 aromatic rings. The lowest BCUT2D eigenvalue weighted by Crippen LogP contribution is -2.46. The minimum absolute atomic E-state index is 0.0942. The van der Waals surface area contributed by atoms with Gasteiger partial charge in [0.25, 0.3) is 0 Å².